The van der Waals surface area contributed by atoms with Crippen molar-refractivity contribution in [2.24, 2.45) is 0 Å². The smallest absolute Gasteiger partial charge is 0.329 e. The third-order valence-corrected chi connectivity index (χ3v) is 3.45. The van der Waals surface area contributed by atoms with Crippen LogP contribution in [-0.4, -0.2) is 42.4 Å². The molecule has 0 radical (unpaired) electrons. The quantitative estimate of drug-likeness (QED) is 0.778. The zero-order valence-corrected chi connectivity index (χ0v) is 13.7. The first-order valence-electron chi connectivity index (χ1n) is 7.47. The predicted octanol–water partition coefficient (Wildman–Crippen LogP) is 0.428. The molecule has 0 aliphatic carbocycles. The number of para-hydroxylation sites is 2. The molecule has 1 aliphatic heterocycles. The molecule has 1 aromatic rings. The van der Waals surface area contributed by atoms with Gasteiger partial charge in [-0.1, -0.05) is 12.1 Å². The van der Waals surface area contributed by atoms with Gasteiger partial charge in [-0.2, -0.15) is 0 Å². The van der Waals surface area contributed by atoms with E-state index in [1.54, 1.807) is 24.3 Å². The van der Waals surface area contributed by atoms with Gasteiger partial charge in [0.15, 0.2) is 6.10 Å². The van der Waals surface area contributed by atoms with Gasteiger partial charge in [0.1, 0.15) is 12.6 Å². The summed E-state index contributed by atoms with van der Waals surface area (Å²) in [5.74, 6) is -1.94. The second kappa shape index (κ2) is 7.12. The number of ether oxygens (including phenoxy) is 1. The molecule has 2 atom stereocenters. The Bertz CT molecular complexity index is 688. The average molecular weight is 333 g/mol. The summed E-state index contributed by atoms with van der Waals surface area (Å²) < 4.78 is 5.10. The van der Waals surface area contributed by atoms with Gasteiger partial charge in [-0.15, -0.1) is 0 Å². The van der Waals surface area contributed by atoms with Crippen LogP contribution in [0, 0.1) is 0 Å². The van der Waals surface area contributed by atoms with E-state index < -0.39 is 24.0 Å². The van der Waals surface area contributed by atoms with E-state index in [2.05, 4.69) is 10.6 Å². The minimum atomic E-state index is -1.09. The number of nitrogens with zero attached hydrogens (tertiary/aromatic N) is 1. The number of esters is 1. The Kier molecular flexibility index (Phi) is 5.18. The molecule has 0 bridgehead atoms. The van der Waals surface area contributed by atoms with Crippen molar-refractivity contribution >= 4 is 35.1 Å². The van der Waals surface area contributed by atoms with Gasteiger partial charge in [0, 0.05) is 6.92 Å². The minimum absolute atomic E-state index is 0.154. The Morgan fingerprint density at radius 2 is 1.92 bits per heavy atom. The maximum absolute atomic E-state index is 12.6. The lowest BCUT2D eigenvalue weighted by molar-refractivity contribution is -0.156. The number of fused-ring (bicyclic) bond motifs is 1. The number of nitrogens with one attached hydrogen (secondary N) is 2. The van der Waals surface area contributed by atoms with E-state index in [1.165, 1.54) is 25.7 Å². The van der Waals surface area contributed by atoms with Gasteiger partial charge in [0.05, 0.1) is 11.4 Å². The molecule has 3 amide bonds. The fourth-order valence-electron chi connectivity index (χ4n) is 2.34. The van der Waals surface area contributed by atoms with Crippen LogP contribution in [0.5, 0.6) is 0 Å². The van der Waals surface area contributed by atoms with Crippen LogP contribution in [0.2, 0.25) is 0 Å². The number of hydrogen-bond acceptors (Lipinski definition) is 5. The SMILES string of the molecule is CC(=O)N[C@@H](C)C(=O)OC(C)C(=O)N1CC(=O)Nc2ccccc21. The summed E-state index contributed by atoms with van der Waals surface area (Å²) in [5, 5.41) is 5.06. The molecule has 2 rings (SSSR count). The molecule has 0 saturated heterocycles. The molecule has 8 heteroatoms. The second-order valence-corrected chi connectivity index (χ2v) is 5.49. The van der Waals surface area contributed by atoms with Crippen LogP contribution in [0.3, 0.4) is 0 Å². The Labute approximate surface area is 139 Å². The number of benzene rings is 1. The highest BCUT2D eigenvalue weighted by molar-refractivity contribution is 6.11. The van der Waals surface area contributed by atoms with Crippen molar-refractivity contribution < 1.29 is 23.9 Å². The third-order valence-electron chi connectivity index (χ3n) is 3.45. The molecule has 24 heavy (non-hydrogen) atoms. The molecule has 8 nitrogen and oxygen atoms in total. The van der Waals surface area contributed by atoms with E-state index in [0.717, 1.165) is 0 Å². The first kappa shape index (κ1) is 17.5. The van der Waals surface area contributed by atoms with Crippen molar-refractivity contribution in [3.63, 3.8) is 0 Å². The first-order valence-corrected chi connectivity index (χ1v) is 7.47. The van der Waals surface area contributed by atoms with Crippen LogP contribution in [-0.2, 0) is 23.9 Å². The maximum Gasteiger partial charge on any atom is 0.329 e. The second-order valence-electron chi connectivity index (χ2n) is 5.49. The van der Waals surface area contributed by atoms with Gasteiger partial charge in [-0.3, -0.25) is 19.3 Å². The maximum atomic E-state index is 12.6. The highest BCUT2D eigenvalue weighted by Gasteiger charge is 2.32. The topological polar surface area (TPSA) is 105 Å². The lowest BCUT2D eigenvalue weighted by Gasteiger charge is -2.31. The molecular formula is C16H19N3O5. The molecule has 0 fully saturated rings. The van der Waals surface area contributed by atoms with Gasteiger partial charge >= 0.3 is 5.97 Å². The highest BCUT2D eigenvalue weighted by atomic mass is 16.5. The lowest BCUT2D eigenvalue weighted by Crippen LogP contribution is -2.48. The van der Waals surface area contributed by atoms with Gasteiger partial charge < -0.3 is 15.4 Å². The number of hydrogen-bond donors (Lipinski definition) is 2. The summed E-state index contributed by atoms with van der Waals surface area (Å²) in [6.07, 6.45) is -1.09. The molecule has 1 aliphatic rings. The zero-order chi connectivity index (χ0) is 17.9. The molecule has 1 heterocycles. The van der Waals surface area contributed by atoms with Gasteiger partial charge in [0.25, 0.3) is 5.91 Å². The molecule has 0 aromatic heterocycles. The van der Waals surface area contributed by atoms with Gasteiger partial charge in [-0.25, -0.2) is 4.79 Å². The normalized spacial score (nSPS) is 15.6. The molecule has 1 aromatic carbocycles. The van der Waals surface area contributed by atoms with Crippen LogP contribution in [0.25, 0.3) is 0 Å². The van der Waals surface area contributed by atoms with E-state index in [0.29, 0.717) is 11.4 Å². The van der Waals surface area contributed by atoms with Crippen LogP contribution >= 0.6 is 0 Å². The van der Waals surface area contributed by atoms with Crippen molar-refractivity contribution in [1.82, 2.24) is 5.32 Å². The van der Waals surface area contributed by atoms with Gasteiger partial charge in [-0.05, 0) is 26.0 Å². The number of anilines is 2. The van der Waals surface area contributed by atoms with Gasteiger partial charge in [0.2, 0.25) is 11.8 Å². The van der Waals surface area contributed by atoms with E-state index in [9.17, 15) is 19.2 Å². The van der Waals surface area contributed by atoms with Crippen LogP contribution < -0.4 is 15.5 Å². The van der Waals surface area contributed by atoms with Crippen molar-refractivity contribution in [2.75, 3.05) is 16.8 Å². The fourth-order valence-corrected chi connectivity index (χ4v) is 2.34. The Morgan fingerprint density at radius 3 is 2.58 bits per heavy atom. The molecular weight excluding hydrogens is 314 g/mol. The van der Waals surface area contributed by atoms with Crippen molar-refractivity contribution in [1.29, 1.82) is 0 Å². The van der Waals surface area contributed by atoms with Crippen molar-refractivity contribution in [3.05, 3.63) is 24.3 Å². The van der Waals surface area contributed by atoms with E-state index in [1.807, 2.05) is 0 Å². The number of carbonyl (C=O) groups is 4. The molecule has 128 valence electrons. The third kappa shape index (κ3) is 3.89. The standard InChI is InChI=1S/C16H19N3O5/c1-9(17-11(3)20)16(23)24-10(2)15(22)19-8-14(21)18-12-6-4-5-7-13(12)19/h4-7,9-10H,8H2,1-3H3,(H,17,20)(H,18,21)/t9-,10?/m0/s1. The molecule has 1 unspecified atom stereocenters. The van der Waals surface area contributed by atoms with Crippen molar-refractivity contribution in [2.45, 2.75) is 32.9 Å². The number of amides is 3. The highest BCUT2D eigenvalue weighted by Crippen LogP contribution is 2.29. The summed E-state index contributed by atoms with van der Waals surface area (Å²) in [6.45, 7) is 4.01. The Hall–Kier alpha value is -2.90. The van der Waals surface area contributed by atoms with E-state index in [-0.39, 0.29) is 18.4 Å². The van der Waals surface area contributed by atoms with Crippen LogP contribution in [0.15, 0.2) is 24.3 Å². The predicted molar refractivity (Wildman–Crippen MR) is 86.3 cm³/mol. The van der Waals surface area contributed by atoms with E-state index >= 15 is 0 Å². The lowest BCUT2D eigenvalue weighted by atomic mass is 10.1. The largest absolute Gasteiger partial charge is 0.451 e. The summed E-state index contributed by atoms with van der Waals surface area (Å²) in [6, 6.07) is 6.00. The molecule has 2 N–H and O–H groups in total. The summed E-state index contributed by atoms with van der Waals surface area (Å²) >= 11 is 0. The summed E-state index contributed by atoms with van der Waals surface area (Å²) in [5.41, 5.74) is 1.06. The fraction of sp³-hybridized carbons (Fsp3) is 0.375. The number of carbonyl (C=O) groups excluding carboxylic acids is 4. The van der Waals surface area contributed by atoms with Crippen LogP contribution in [0.1, 0.15) is 20.8 Å². The van der Waals surface area contributed by atoms with E-state index in [4.69, 9.17) is 4.74 Å². The average Bonchev–Trinajstić information content (AvgIpc) is 2.52. The van der Waals surface area contributed by atoms with Crippen molar-refractivity contribution in [3.8, 4) is 0 Å². The summed E-state index contributed by atoms with van der Waals surface area (Å²) in [7, 11) is 0. The monoisotopic (exact) mass is 333 g/mol. The minimum Gasteiger partial charge on any atom is -0.451 e. The first-order chi connectivity index (χ1) is 11.3. The molecule has 0 saturated carbocycles. The molecule has 0 spiro atoms. The summed E-state index contributed by atoms with van der Waals surface area (Å²) in [4.78, 5) is 48.5. The zero-order valence-electron chi connectivity index (χ0n) is 13.7. The Morgan fingerprint density at radius 1 is 1.25 bits per heavy atom. The van der Waals surface area contributed by atoms with Crippen LogP contribution in [0.4, 0.5) is 11.4 Å². The Balaban J connectivity index is 2.10. The number of rotatable bonds is 4.